The number of benzene rings is 1. The summed E-state index contributed by atoms with van der Waals surface area (Å²) in [6, 6.07) is 2.17. The molecular formula is C12H13F3N4. The van der Waals surface area contributed by atoms with Gasteiger partial charge in [-0.15, -0.1) is 0 Å². The second-order valence-corrected chi connectivity index (χ2v) is 4.54. The Kier molecular flexibility index (Phi) is 3.57. The highest BCUT2D eigenvalue weighted by Gasteiger charge is 2.34. The monoisotopic (exact) mass is 270 g/mol. The van der Waals surface area contributed by atoms with Gasteiger partial charge in [0, 0.05) is 17.1 Å². The molecule has 7 heteroatoms. The summed E-state index contributed by atoms with van der Waals surface area (Å²) in [6.45, 7) is 1.99. The van der Waals surface area contributed by atoms with Gasteiger partial charge in [-0.2, -0.15) is 13.2 Å². The molecule has 1 aliphatic rings. The highest BCUT2D eigenvalue weighted by atomic mass is 19.4. The Bertz CT molecular complexity index is 533. The van der Waals surface area contributed by atoms with Crippen molar-refractivity contribution in [2.24, 2.45) is 5.11 Å². The normalized spacial score (nSPS) is 18.8. The molecule has 0 saturated heterocycles. The van der Waals surface area contributed by atoms with Crippen LogP contribution in [0.2, 0.25) is 0 Å². The molecule has 19 heavy (non-hydrogen) atoms. The third kappa shape index (κ3) is 2.76. The number of halogens is 3. The topological polar surface area (TPSA) is 60.8 Å². The summed E-state index contributed by atoms with van der Waals surface area (Å²) in [7, 11) is 0. The standard InChI is InChI=1S/C12H13F3N4/c1-7-5-8-10(18-19-16)3-2-4-17-11(8)6-9(7)12(13,14)15/h5-6,10,17H,2-4H2,1H3/t10-/m0/s1. The number of aryl methyl sites for hydroxylation is 1. The van der Waals surface area contributed by atoms with Gasteiger partial charge in [0.2, 0.25) is 0 Å². The van der Waals surface area contributed by atoms with Crippen molar-refractivity contribution in [1.29, 1.82) is 0 Å². The first kappa shape index (κ1) is 13.5. The van der Waals surface area contributed by atoms with Crippen molar-refractivity contribution in [3.05, 3.63) is 39.3 Å². The molecule has 0 amide bonds. The van der Waals surface area contributed by atoms with Gasteiger partial charge in [-0.25, -0.2) is 0 Å². The van der Waals surface area contributed by atoms with Crippen LogP contribution in [0.15, 0.2) is 17.2 Å². The number of azide groups is 1. The Labute approximate surface area is 108 Å². The maximum absolute atomic E-state index is 12.9. The molecule has 102 valence electrons. The lowest BCUT2D eigenvalue weighted by molar-refractivity contribution is -0.138. The summed E-state index contributed by atoms with van der Waals surface area (Å²) < 4.78 is 38.6. The van der Waals surface area contributed by atoms with E-state index in [9.17, 15) is 13.2 Å². The van der Waals surface area contributed by atoms with Gasteiger partial charge in [-0.3, -0.25) is 0 Å². The van der Waals surface area contributed by atoms with Crippen LogP contribution in [-0.4, -0.2) is 6.54 Å². The van der Waals surface area contributed by atoms with E-state index in [1.54, 1.807) is 0 Å². The van der Waals surface area contributed by atoms with Crippen LogP contribution in [0.5, 0.6) is 0 Å². The van der Waals surface area contributed by atoms with E-state index in [1.807, 2.05) is 0 Å². The van der Waals surface area contributed by atoms with Crippen molar-refractivity contribution in [1.82, 2.24) is 0 Å². The fraction of sp³-hybridized carbons (Fsp3) is 0.500. The average Bonchev–Trinajstić information content (AvgIpc) is 2.50. The van der Waals surface area contributed by atoms with Gasteiger partial charge in [-0.05, 0) is 42.5 Å². The van der Waals surface area contributed by atoms with Crippen LogP contribution in [0.25, 0.3) is 10.4 Å². The Morgan fingerprint density at radius 2 is 2.16 bits per heavy atom. The van der Waals surface area contributed by atoms with Gasteiger partial charge >= 0.3 is 6.18 Å². The minimum atomic E-state index is -4.37. The van der Waals surface area contributed by atoms with Crippen LogP contribution in [0.1, 0.15) is 35.6 Å². The number of rotatable bonds is 1. The van der Waals surface area contributed by atoms with Crippen molar-refractivity contribution >= 4 is 5.69 Å². The summed E-state index contributed by atoms with van der Waals surface area (Å²) >= 11 is 0. The predicted molar refractivity (Wildman–Crippen MR) is 65.8 cm³/mol. The lowest BCUT2D eigenvalue weighted by atomic mass is 9.97. The maximum Gasteiger partial charge on any atom is 0.416 e. The van der Waals surface area contributed by atoms with E-state index in [1.165, 1.54) is 13.0 Å². The van der Waals surface area contributed by atoms with Gasteiger partial charge in [0.25, 0.3) is 0 Å². The average molecular weight is 270 g/mol. The highest BCUT2D eigenvalue weighted by Crippen LogP contribution is 2.39. The molecule has 1 heterocycles. The van der Waals surface area contributed by atoms with Crippen molar-refractivity contribution in [2.45, 2.75) is 32.0 Å². The highest BCUT2D eigenvalue weighted by molar-refractivity contribution is 5.58. The first-order chi connectivity index (χ1) is 8.93. The Morgan fingerprint density at radius 1 is 1.42 bits per heavy atom. The fourth-order valence-electron chi connectivity index (χ4n) is 2.32. The Morgan fingerprint density at radius 3 is 2.79 bits per heavy atom. The number of nitrogens with one attached hydrogen (secondary N) is 1. The van der Waals surface area contributed by atoms with Crippen molar-refractivity contribution in [2.75, 3.05) is 11.9 Å². The molecule has 0 spiro atoms. The maximum atomic E-state index is 12.9. The summed E-state index contributed by atoms with van der Waals surface area (Å²) in [6.07, 6.45) is -2.99. The molecule has 1 N–H and O–H groups in total. The van der Waals surface area contributed by atoms with Crippen molar-refractivity contribution in [3.8, 4) is 0 Å². The van der Waals surface area contributed by atoms with Crippen LogP contribution in [0.4, 0.5) is 18.9 Å². The van der Waals surface area contributed by atoms with Crippen LogP contribution in [0, 0.1) is 6.92 Å². The lowest BCUT2D eigenvalue weighted by Crippen LogP contribution is -2.10. The first-order valence-electron chi connectivity index (χ1n) is 5.93. The second-order valence-electron chi connectivity index (χ2n) is 4.54. The van der Waals surface area contributed by atoms with Gasteiger partial charge in [-0.1, -0.05) is 11.2 Å². The van der Waals surface area contributed by atoms with E-state index in [0.29, 0.717) is 24.2 Å². The number of alkyl halides is 3. The molecular weight excluding hydrogens is 257 g/mol. The Hall–Kier alpha value is -1.88. The zero-order valence-electron chi connectivity index (χ0n) is 10.3. The van der Waals surface area contributed by atoms with E-state index in [2.05, 4.69) is 15.3 Å². The number of fused-ring (bicyclic) bond motifs is 1. The zero-order chi connectivity index (χ0) is 14.0. The molecule has 1 aliphatic heterocycles. The molecule has 4 nitrogen and oxygen atoms in total. The molecule has 0 radical (unpaired) electrons. The van der Waals surface area contributed by atoms with E-state index in [0.717, 1.165) is 12.5 Å². The minimum absolute atomic E-state index is 0.146. The van der Waals surface area contributed by atoms with Crippen LogP contribution < -0.4 is 5.32 Å². The van der Waals surface area contributed by atoms with Gasteiger partial charge < -0.3 is 5.32 Å². The lowest BCUT2D eigenvalue weighted by Gasteiger charge is -2.17. The van der Waals surface area contributed by atoms with E-state index in [4.69, 9.17) is 5.53 Å². The summed E-state index contributed by atoms with van der Waals surface area (Å²) in [4.78, 5) is 2.78. The molecule has 0 saturated carbocycles. The van der Waals surface area contributed by atoms with Crippen LogP contribution >= 0.6 is 0 Å². The molecule has 2 rings (SSSR count). The quantitative estimate of drug-likeness (QED) is 0.453. The molecule has 0 aromatic heterocycles. The van der Waals surface area contributed by atoms with E-state index < -0.39 is 17.8 Å². The van der Waals surface area contributed by atoms with Crippen molar-refractivity contribution in [3.63, 3.8) is 0 Å². The molecule has 0 unspecified atom stereocenters. The van der Waals surface area contributed by atoms with Crippen molar-refractivity contribution < 1.29 is 13.2 Å². The molecule has 1 aromatic rings. The zero-order valence-corrected chi connectivity index (χ0v) is 10.3. The molecule has 0 bridgehead atoms. The van der Waals surface area contributed by atoms with E-state index in [-0.39, 0.29) is 5.56 Å². The summed E-state index contributed by atoms with van der Waals surface area (Å²) in [5.74, 6) is 0. The van der Waals surface area contributed by atoms with E-state index >= 15 is 0 Å². The Balaban J connectivity index is 2.56. The summed E-state index contributed by atoms with van der Waals surface area (Å²) in [5.41, 5.74) is 9.09. The molecule has 1 atom stereocenters. The van der Waals surface area contributed by atoms with Gasteiger partial charge in [0.15, 0.2) is 0 Å². The number of hydrogen-bond acceptors (Lipinski definition) is 2. The molecule has 1 aromatic carbocycles. The smallest absolute Gasteiger partial charge is 0.385 e. The minimum Gasteiger partial charge on any atom is -0.385 e. The summed E-state index contributed by atoms with van der Waals surface area (Å²) in [5, 5.41) is 6.65. The number of hydrogen-bond donors (Lipinski definition) is 1. The SMILES string of the molecule is Cc1cc2c(cc1C(F)(F)F)NCCC[C@@H]2N=[N+]=[N-]. The first-order valence-corrected chi connectivity index (χ1v) is 5.93. The van der Waals surface area contributed by atoms with Crippen LogP contribution in [-0.2, 0) is 6.18 Å². The fourth-order valence-corrected chi connectivity index (χ4v) is 2.32. The second kappa shape index (κ2) is 5.01. The predicted octanol–water partition coefficient (Wildman–Crippen LogP) is 4.57. The van der Waals surface area contributed by atoms with Crippen LogP contribution in [0.3, 0.4) is 0 Å². The number of nitrogens with zero attached hydrogens (tertiary/aromatic N) is 3. The van der Waals surface area contributed by atoms with Gasteiger partial charge in [0.05, 0.1) is 11.6 Å². The number of anilines is 1. The molecule has 0 fully saturated rings. The third-order valence-corrected chi connectivity index (χ3v) is 3.22. The third-order valence-electron chi connectivity index (χ3n) is 3.22. The van der Waals surface area contributed by atoms with Gasteiger partial charge in [0.1, 0.15) is 0 Å². The largest absolute Gasteiger partial charge is 0.416 e. The molecule has 0 aliphatic carbocycles.